The molecule has 0 fully saturated rings. The van der Waals surface area contributed by atoms with Crippen LogP contribution < -0.4 is 5.32 Å². The maximum Gasteiger partial charge on any atom is 0.338 e. The Hall–Kier alpha value is -2.69. The number of carbonyl (C=O) groups is 2. The second-order valence-electron chi connectivity index (χ2n) is 5.29. The van der Waals surface area contributed by atoms with Gasteiger partial charge in [0, 0.05) is 12.1 Å². The van der Waals surface area contributed by atoms with Crippen LogP contribution in [0.3, 0.4) is 0 Å². The number of halogens is 1. The highest BCUT2D eigenvalue weighted by Crippen LogP contribution is 2.18. The lowest BCUT2D eigenvalue weighted by molar-refractivity contribution is 0.0598. The SMILES string of the molecule is COC(=O)c1c(C)cc(C(=O)NCc2cccc(F)c2)cc1C. The maximum absolute atomic E-state index is 13.1. The summed E-state index contributed by atoms with van der Waals surface area (Å²) in [5, 5.41) is 2.74. The molecule has 0 saturated heterocycles. The predicted molar refractivity (Wildman–Crippen MR) is 84.8 cm³/mol. The lowest BCUT2D eigenvalue weighted by Gasteiger charge is -2.11. The second kappa shape index (κ2) is 7.05. The first-order chi connectivity index (χ1) is 10.9. The third-order valence-corrected chi connectivity index (χ3v) is 3.53. The van der Waals surface area contributed by atoms with Gasteiger partial charge in [0.05, 0.1) is 12.7 Å². The fourth-order valence-electron chi connectivity index (χ4n) is 2.45. The van der Waals surface area contributed by atoms with Crippen molar-refractivity contribution in [3.05, 3.63) is 70.0 Å². The molecule has 0 aromatic heterocycles. The molecule has 1 N–H and O–H groups in total. The number of ether oxygens (including phenoxy) is 1. The van der Waals surface area contributed by atoms with Crippen molar-refractivity contribution in [1.82, 2.24) is 5.32 Å². The summed E-state index contributed by atoms with van der Waals surface area (Å²) in [6.45, 7) is 3.73. The average Bonchev–Trinajstić information content (AvgIpc) is 2.51. The Balaban J connectivity index is 2.15. The summed E-state index contributed by atoms with van der Waals surface area (Å²) in [6, 6.07) is 9.33. The molecule has 23 heavy (non-hydrogen) atoms. The first kappa shape index (κ1) is 16.7. The molecule has 0 aliphatic heterocycles. The molecule has 0 aliphatic carbocycles. The number of methoxy groups -OCH3 is 1. The molecule has 1 amide bonds. The Morgan fingerprint density at radius 1 is 1.13 bits per heavy atom. The zero-order chi connectivity index (χ0) is 17.0. The molecule has 120 valence electrons. The molecule has 2 rings (SSSR count). The van der Waals surface area contributed by atoms with E-state index in [1.54, 1.807) is 38.1 Å². The molecular weight excluding hydrogens is 297 g/mol. The largest absolute Gasteiger partial charge is 0.465 e. The lowest BCUT2D eigenvalue weighted by Crippen LogP contribution is -2.23. The third-order valence-electron chi connectivity index (χ3n) is 3.53. The van der Waals surface area contributed by atoms with Crippen LogP contribution in [0.15, 0.2) is 36.4 Å². The molecule has 0 saturated carbocycles. The van der Waals surface area contributed by atoms with Crippen LogP contribution in [0.1, 0.15) is 37.4 Å². The Labute approximate surface area is 134 Å². The van der Waals surface area contributed by atoms with E-state index in [0.29, 0.717) is 27.8 Å². The van der Waals surface area contributed by atoms with Crippen LogP contribution in [-0.4, -0.2) is 19.0 Å². The average molecular weight is 315 g/mol. The number of nitrogens with one attached hydrogen (secondary N) is 1. The van der Waals surface area contributed by atoms with Gasteiger partial charge in [0.1, 0.15) is 5.82 Å². The molecule has 0 heterocycles. The van der Waals surface area contributed by atoms with Gasteiger partial charge in [0.2, 0.25) is 0 Å². The van der Waals surface area contributed by atoms with Crippen molar-refractivity contribution < 1.29 is 18.7 Å². The standard InChI is InChI=1S/C18H18FNO3/c1-11-7-14(8-12(2)16(11)18(22)23-3)17(21)20-10-13-5-4-6-15(19)9-13/h4-9H,10H2,1-3H3,(H,20,21). The second-order valence-corrected chi connectivity index (χ2v) is 5.29. The molecule has 2 aromatic rings. The molecule has 0 bridgehead atoms. The summed E-state index contributed by atoms with van der Waals surface area (Å²) in [5.74, 6) is -1.05. The van der Waals surface area contributed by atoms with Gasteiger partial charge in [-0.15, -0.1) is 0 Å². The number of benzene rings is 2. The minimum absolute atomic E-state index is 0.230. The van der Waals surface area contributed by atoms with Crippen LogP contribution in [0, 0.1) is 19.7 Å². The van der Waals surface area contributed by atoms with Crippen LogP contribution in [-0.2, 0) is 11.3 Å². The Bertz CT molecular complexity index is 733. The summed E-state index contributed by atoms with van der Waals surface area (Å²) in [4.78, 5) is 24.0. The Kier molecular flexibility index (Phi) is 5.11. The molecule has 0 unspecified atom stereocenters. The van der Waals surface area contributed by atoms with Crippen LogP contribution >= 0.6 is 0 Å². The number of rotatable bonds is 4. The van der Waals surface area contributed by atoms with Crippen molar-refractivity contribution in [1.29, 1.82) is 0 Å². The van der Waals surface area contributed by atoms with Crippen LogP contribution in [0.5, 0.6) is 0 Å². The van der Waals surface area contributed by atoms with Crippen molar-refractivity contribution in [2.45, 2.75) is 20.4 Å². The molecule has 0 atom stereocenters. The van der Waals surface area contributed by atoms with E-state index in [0.717, 1.165) is 0 Å². The molecule has 0 aliphatic rings. The smallest absolute Gasteiger partial charge is 0.338 e. The molecule has 0 spiro atoms. The van der Waals surface area contributed by atoms with Gasteiger partial charge in [0.25, 0.3) is 5.91 Å². The first-order valence-electron chi connectivity index (χ1n) is 7.14. The van der Waals surface area contributed by atoms with Gasteiger partial charge in [-0.25, -0.2) is 9.18 Å². The van der Waals surface area contributed by atoms with Gasteiger partial charge < -0.3 is 10.1 Å². The normalized spacial score (nSPS) is 10.3. The fourth-order valence-corrected chi connectivity index (χ4v) is 2.45. The predicted octanol–water partition coefficient (Wildman–Crippen LogP) is 3.16. The van der Waals surface area contributed by atoms with Gasteiger partial charge in [-0.2, -0.15) is 0 Å². The summed E-state index contributed by atoms with van der Waals surface area (Å²) < 4.78 is 17.9. The highest BCUT2D eigenvalue weighted by Gasteiger charge is 2.16. The zero-order valence-electron chi connectivity index (χ0n) is 13.3. The van der Waals surface area contributed by atoms with Gasteiger partial charge in [-0.3, -0.25) is 4.79 Å². The number of carbonyl (C=O) groups excluding carboxylic acids is 2. The van der Waals surface area contributed by atoms with Gasteiger partial charge >= 0.3 is 5.97 Å². The van der Waals surface area contributed by atoms with E-state index in [1.807, 2.05) is 0 Å². The van der Waals surface area contributed by atoms with Gasteiger partial charge in [-0.05, 0) is 54.8 Å². The van der Waals surface area contributed by atoms with E-state index in [2.05, 4.69) is 5.32 Å². The van der Waals surface area contributed by atoms with E-state index in [1.165, 1.54) is 19.2 Å². The monoisotopic (exact) mass is 315 g/mol. The number of hydrogen-bond acceptors (Lipinski definition) is 3. The number of esters is 1. The topological polar surface area (TPSA) is 55.4 Å². The first-order valence-corrected chi connectivity index (χ1v) is 7.14. The quantitative estimate of drug-likeness (QED) is 0.882. The highest BCUT2D eigenvalue weighted by molar-refractivity contribution is 5.98. The van der Waals surface area contributed by atoms with E-state index < -0.39 is 5.97 Å². The van der Waals surface area contributed by atoms with Crippen molar-refractivity contribution in [3.8, 4) is 0 Å². The van der Waals surface area contributed by atoms with E-state index >= 15 is 0 Å². The van der Waals surface area contributed by atoms with Crippen LogP contribution in [0.25, 0.3) is 0 Å². The summed E-state index contributed by atoms with van der Waals surface area (Å²) in [6.07, 6.45) is 0. The van der Waals surface area contributed by atoms with Crippen molar-refractivity contribution in [3.63, 3.8) is 0 Å². The molecule has 5 heteroatoms. The van der Waals surface area contributed by atoms with E-state index in [-0.39, 0.29) is 18.3 Å². The number of aryl methyl sites for hydroxylation is 2. The molecule has 2 aromatic carbocycles. The van der Waals surface area contributed by atoms with Gasteiger partial charge in [-0.1, -0.05) is 12.1 Å². The van der Waals surface area contributed by atoms with E-state index in [9.17, 15) is 14.0 Å². The summed E-state index contributed by atoms with van der Waals surface area (Å²) in [5.41, 5.74) is 2.94. The minimum Gasteiger partial charge on any atom is -0.465 e. The Morgan fingerprint density at radius 3 is 2.35 bits per heavy atom. The third kappa shape index (κ3) is 3.94. The van der Waals surface area contributed by atoms with Crippen LogP contribution in [0.4, 0.5) is 4.39 Å². The number of hydrogen-bond donors (Lipinski definition) is 1. The summed E-state index contributed by atoms with van der Waals surface area (Å²) in [7, 11) is 1.32. The van der Waals surface area contributed by atoms with Gasteiger partial charge in [0.15, 0.2) is 0 Å². The number of amides is 1. The fraction of sp³-hybridized carbons (Fsp3) is 0.222. The van der Waals surface area contributed by atoms with Crippen molar-refractivity contribution in [2.75, 3.05) is 7.11 Å². The molecule has 4 nitrogen and oxygen atoms in total. The highest BCUT2D eigenvalue weighted by atomic mass is 19.1. The van der Waals surface area contributed by atoms with E-state index in [4.69, 9.17) is 4.74 Å². The molecule has 0 radical (unpaired) electrons. The Morgan fingerprint density at radius 2 is 1.78 bits per heavy atom. The summed E-state index contributed by atoms with van der Waals surface area (Å²) >= 11 is 0. The van der Waals surface area contributed by atoms with Crippen molar-refractivity contribution in [2.24, 2.45) is 0 Å². The van der Waals surface area contributed by atoms with Crippen LogP contribution in [0.2, 0.25) is 0 Å². The molecular formula is C18H18FNO3. The lowest BCUT2D eigenvalue weighted by atomic mass is 9.99. The minimum atomic E-state index is -0.424. The zero-order valence-corrected chi connectivity index (χ0v) is 13.3. The van der Waals surface area contributed by atoms with Crippen molar-refractivity contribution >= 4 is 11.9 Å². The maximum atomic E-state index is 13.1.